The van der Waals surface area contributed by atoms with Crippen molar-refractivity contribution in [3.8, 4) is 11.5 Å². The Morgan fingerprint density at radius 1 is 1.31 bits per heavy atom. The third kappa shape index (κ3) is 4.33. The molecule has 1 unspecified atom stereocenters. The summed E-state index contributed by atoms with van der Waals surface area (Å²) in [5, 5.41) is 22.4. The molecular weight excluding hydrogens is 222 g/mol. The van der Waals surface area contributed by atoms with Crippen LogP contribution in [-0.2, 0) is 6.54 Å². The topological polar surface area (TPSA) is 52.5 Å². The molecule has 3 nitrogen and oxygen atoms in total. The monoisotopic (exact) mass is 241 g/mol. The Bertz CT molecular complexity index is 331. The molecule has 3 N–H and O–H groups in total. The Hall–Kier alpha value is -0.870. The third-order valence-electron chi connectivity index (χ3n) is 2.50. The van der Waals surface area contributed by atoms with Gasteiger partial charge in [-0.1, -0.05) is 13.0 Å². The SMILES string of the molecule is CSC(C)CCNCc1ccc(O)c(O)c1. The van der Waals surface area contributed by atoms with Crippen LogP contribution >= 0.6 is 11.8 Å². The number of hydrogen-bond acceptors (Lipinski definition) is 4. The molecule has 1 rings (SSSR count). The minimum absolute atomic E-state index is 0.0585. The lowest BCUT2D eigenvalue weighted by molar-refractivity contribution is 0.403. The number of aromatic hydroxyl groups is 2. The molecule has 0 bridgehead atoms. The first-order valence-corrected chi connectivity index (χ1v) is 6.66. The van der Waals surface area contributed by atoms with Gasteiger partial charge in [0.05, 0.1) is 0 Å². The van der Waals surface area contributed by atoms with E-state index in [0.29, 0.717) is 5.25 Å². The van der Waals surface area contributed by atoms with Gasteiger partial charge in [-0.05, 0) is 36.9 Å². The minimum atomic E-state index is -0.0697. The maximum absolute atomic E-state index is 9.30. The largest absolute Gasteiger partial charge is 0.504 e. The zero-order chi connectivity index (χ0) is 12.0. The van der Waals surface area contributed by atoms with Crippen molar-refractivity contribution < 1.29 is 10.2 Å². The van der Waals surface area contributed by atoms with E-state index in [-0.39, 0.29) is 11.5 Å². The molecule has 0 heterocycles. The highest BCUT2D eigenvalue weighted by molar-refractivity contribution is 7.99. The molecule has 1 aromatic rings. The average molecular weight is 241 g/mol. The second-order valence-corrected chi connectivity index (χ2v) is 5.11. The fourth-order valence-corrected chi connectivity index (χ4v) is 1.69. The smallest absolute Gasteiger partial charge is 0.157 e. The molecule has 1 aromatic carbocycles. The highest BCUT2D eigenvalue weighted by Crippen LogP contribution is 2.24. The quantitative estimate of drug-likeness (QED) is 0.528. The highest BCUT2D eigenvalue weighted by Gasteiger charge is 2.01. The van der Waals surface area contributed by atoms with Crippen LogP contribution in [0.5, 0.6) is 11.5 Å². The van der Waals surface area contributed by atoms with E-state index in [1.54, 1.807) is 12.1 Å². The van der Waals surface area contributed by atoms with Crippen LogP contribution < -0.4 is 5.32 Å². The van der Waals surface area contributed by atoms with Gasteiger partial charge in [-0.25, -0.2) is 0 Å². The van der Waals surface area contributed by atoms with Crippen LogP contribution in [0, 0.1) is 0 Å². The summed E-state index contributed by atoms with van der Waals surface area (Å²) in [7, 11) is 0. The van der Waals surface area contributed by atoms with E-state index >= 15 is 0 Å². The van der Waals surface area contributed by atoms with E-state index in [1.807, 2.05) is 11.8 Å². The first-order chi connectivity index (χ1) is 7.63. The number of phenolic OH excluding ortho intramolecular Hbond substituents is 2. The van der Waals surface area contributed by atoms with E-state index < -0.39 is 0 Å². The molecule has 0 amide bonds. The molecule has 0 saturated carbocycles. The van der Waals surface area contributed by atoms with Crippen molar-refractivity contribution in [3.63, 3.8) is 0 Å². The van der Waals surface area contributed by atoms with Crippen molar-refractivity contribution in [2.45, 2.75) is 25.1 Å². The summed E-state index contributed by atoms with van der Waals surface area (Å²) in [6.45, 7) is 3.89. The number of phenols is 2. The number of thioether (sulfide) groups is 1. The van der Waals surface area contributed by atoms with E-state index in [1.165, 1.54) is 6.07 Å². The highest BCUT2D eigenvalue weighted by atomic mass is 32.2. The van der Waals surface area contributed by atoms with E-state index in [9.17, 15) is 5.11 Å². The first kappa shape index (κ1) is 13.2. The zero-order valence-electron chi connectivity index (χ0n) is 9.73. The average Bonchev–Trinajstić information content (AvgIpc) is 2.28. The van der Waals surface area contributed by atoms with Crippen LogP contribution in [0.2, 0.25) is 0 Å². The summed E-state index contributed by atoms with van der Waals surface area (Å²) in [6, 6.07) is 4.90. The van der Waals surface area contributed by atoms with Gasteiger partial charge < -0.3 is 15.5 Å². The molecule has 0 fully saturated rings. The van der Waals surface area contributed by atoms with E-state index in [0.717, 1.165) is 25.1 Å². The Labute approximate surface area is 101 Å². The summed E-state index contributed by atoms with van der Waals surface area (Å²) >= 11 is 1.86. The molecular formula is C12H19NO2S. The predicted octanol–water partition coefficient (Wildman–Crippen LogP) is 2.33. The zero-order valence-corrected chi connectivity index (χ0v) is 10.5. The fraction of sp³-hybridized carbons (Fsp3) is 0.500. The van der Waals surface area contributed by atoms with Gasteiger partial charge in [0.1, 0.15) is 0 Å². The normalized spacial score (nSPS) is 12.6. The summed E-state index contributed by atoms with van der Waals surface area (Å²) < 4.78 is 0. The van der Waals surface area contributed by atoms with Crippen molar-refractivity contribution in [1.29, 1.82) is 0 Å². The lowest BCUT2D eigenvalue weighted by Crippen LogP contribution is -2.17. The van der Waals surface area contributed by atoms with E-state index in [4.69, 9.17) is 5.11 Å². The minimum Gasteiger partial charge on any atom is -0.504 e. The molecule has 0 spiro atoms. The van der Waals surface area contributed by atoms with Crippen LogP contribution in [0.3, 0.4) is 0 Å². The van der Waals surface area contributed by atoms with Gasteiger partial charge in [-0.3, -0.25) is 0 Å². The molecule has 90 valence electrons. The Kier molecular flexibility index (Phi) is 5.49. The lowest BCUT2D eigenvalue weighted by Gasteiger charge is -2.09. The Morgan fingerprint density at radius 3 is 2.69 bits per heavy atom. The summed E-state index contributed by atoms with van der Waals surface area (Å²) in [5.41, 5.74) is 0.979. The maximum Gasteiger partial charge on any atom is 0.157 e. The molecule has 1 atom stereocenters. The molecule has 0 saturated heterocycles. The Balaban J connectivity index is 2.29. The number of hydrogen-bond donors (Lipinski definition) is 3. The predicted molar refractivity (Wildman–Crippen MR) is 69.1 cm³/mol. The van der Waals surface area contributed by atoms with Crippen molar-refractivity contribution >= 4 is 11.8 Å². The summed E-state index contributed by atoms with van der Waals surface area (Å²) in [4.78, 5) is 0. The van der Waals surface area contributed by atoms with Crippen LogP contribution in [0.4, 0.5) is 0 Å². The van der Waals surface area contributed by atoms with Gasteiger partial charge in [-0.15, -0.1) is 0 Å². The van der Waals surface area contributed by atoms with Gasteiger partial charge in [0.15, 0.2) is 11.5 Å². The molecule has 0 aliphatic carbocycles. The number of rotatable bonds is 6. The van der Waals surface area contributed by atoms with Crippen LogP contribution in [0.1, 0.15) is 18.9 Å². The van der Waals surface area contributed by atoms with Gasteiger partial charge in [0.2, 0.25) is 0 Å². The summed E-state index contributed by atoms with van der Waals surface area (Å²) in [5.74, 6) is -0.128. The van der Waals surface area contributed by atoms with Gasteiger partial charge in [-0.2, -0.15) is 11.8 Å². The van der Waals surface area contributed by atoms with Crippen LogP contribution in [0.25, 0.3) is 0 Å². The summed E-state index contributed by atoms with van der Waals surface area (Å²) in [6.07, 6.45) is 3.24. The van der Waals surface area contributed by atoms with Crippen molar-refractivity contribution in [2.24, 2.45) is 0 Å². The molecule has 0 radical (unpaired) electrons. The van der Waals surface area contributed by atoms with Gasteiger partial charge in [0, 0.05) is 11.8 Å². The van der Waals surface area contributed by atoms with E-state index in [2.05, 4.69) is 18.5 Å². The fourth-order valence-electron chi connectivity index (χ4n) is 1.33. The van der Waals surface area contributed by atoms with Crippen molar-refractivity contribution in [1.82, 2.24) is 5.32 Å². The lowest BCUT2D eigenvalue weighted by atomic mass is 10.2. The molecule has 0 aliphatic heterocycles. The first-order valence-electron chi connectivity index (χ1n) is 5.38. The molecule has 0 aliphatic rings. The van der Waals surface area contributed by atoms with Gasteiger partial charge >= 0.3 is 0 Å². The third-order valence-corrected chi connectivity index (χ3v) is 3.54. The molecule has 0 aromatic heterocycles. The van der Waals surface area contributed by atoms with Crippen molar-refractivity contribution in [3.05, 3.63) is 23.8 Å². The van der Waals surface area contributed by atoms with Gasteiger partial charge in [0.25, 0.3) is 0 Å². The second-order valence-electron chi connectivity index (χ2n) is 3.83. The molecule has 16 heavy (non-hydrogen) atoms. The van der Waals surface area contributed by atoms with Crippen molar-refractivity contribution in [2.75, 3.05) is 12.8 Å². The second kappa shape index (κ2) is 6.66. The number of nitrogens with one attached hydrogen (secondary N) is 1. The van der Waals surface area contributed by atoms with Crippen LogP contribution in [0.15, 0.2) is 18.2 Å². The standard InChI is InChI=1S/C12H19NO2S/c1-9(16-2)5-6-13-8-10-3-4-11(14)12(15)7-10/h3-4,7,9,13-15H,5-6,8H2,1-2H3. The maximum atomic E-state index is 9.30. The molecule has 4 heteroatoms. The Morgan fingerprint density at radius 2 is 2.06 bits per heavy atom. The number of benzene rings is 1. The van der Waals surface area contributed by atoms with Crippen LogP contribution in [-0.4, -0.2) is 28.3 Å².